The van der Waals surface area contributed by atoms with Gasteiger partial charge in [0.05, 0.1) is 19.9 Å². The number of ether oxygens (including phenoxy) is 3. The smallest absolute Gasteiger partial charge is 0.266 e. The third-order valence-corrected chi connectivity index (χ3v) is 5.15. The summed E-state index contributed by atoms with van der Waals surface area (Å²) in [6.45, 7) is -0.327. The molecule has 0 radical (unpaired) electrons. The number of carbonyl (C=O) groups is 2. The summed E-state index contributed by atoms with van der Waals surface area (Å²) in [6.07, 6.45) is 1.54. The Balaban J connectivity index is 1.50. The van der Waals surface area contributed by atoms with E-state index in [0.717, 1.165) is 5.56 Å². The quantitative estimate of drug-likeness (QED) is 0.646. The zero-order chi connectivity index (χ0) is 21.1. The summed E-state index contributed by atoms with van der Waals surface area (Å²) in [5.74, 6) is 1.37. The molecule has 0 fully saturated rings. The molecule has 4 rings (SSSR count). The van der Waals surface area contributed by atoms with Crippen LogP contribution in [0.1, 0.15) is 0 Å². The number of aromatic nitrogens is 2. The van der Waals surface area contributed by atoms with Crippen molar-refractivity contribution >= 4 is 34.1 Å². The SMILES string of the molecule is COc1ccc(OC)c(-c2csc(NC(=O)CN3C(=O)COc4cccnc43)n2)c1. The second-order valence-corrected chi connectivity index (χ2v) is 7.10. The van der Waals surface area contributed by atoms with Crippen LogP contribution in [0.5, 0.6) is 17.2 Å². The minimum atomic E-state index is -0.389. The Kier molecular flexibility index (Phi) is 5.48. The van der Waals surface area contributed by atoms with Crippen LogP contribution in [0.4, 0.5) is 10.9 Å². The summed E-state index contributed by atoms with van der Waals surface area (Å²) in [7, 11) is 3.16. The molecule has 0 saturated heterocycles. The van der Waals surface area contributed by atoms with E-state index in [1.54, 1.807) is 44.7 Å². The molecule has 1 aliphatic heterocycles. The van der Waals surface area contributed by atoms with Crippen molar-refractivity contribution in [3.63, 3.8) is 0 Å². The molecule has 154 valence electrons. The maximum Gasteiger partial charge on any atom is 0.266 e. The number of amides is 2. The van der Waals surface area contributed by atoms with Crippen molar-refractivity contribution in [2.24, 2.45) is 0 Å². The van der Waals surface area contributed by atoms with Crippen LogP contribution in [0.2, 0.25) is 0 Å². The van der Waals surface area contributed by atoms with E-state index >= 15 is 0 Å². The molecular formula is C20H18N4O5S. The molecule has 0 aliphatic carbocycles. The van der Waals surface area contributed by atoms with Gasteiger partial charge in [0, 0.05) is 17.1 Å². The standard InChI is InChI=1S/C20H18N4O5S/c1-27-12-5-6-15(28-2)13(8-12)14-11-30-20(22-14)23-17(25)9-24-18(26)10-29-16-4-3-7-21-19(16)24/h3-8,11H,9-10H2,1-2H3,(H,22,23,25). The van der Waals surface area contributed by atoms with Crippen molar-refractivity contribution < 1.29 is 23.8 Å². The third-order valence-electron chi connectivity index (χ3n) is 4.39. The predicted octanol–water partition coefficient (Wildman–Crippen LogP) is 2.59. The molecule has 2 aromatic heterocycles. The van der Waals surface area contributed by atoms with Crippen LogP contribution in [0, 0.1) is 0 Å². The number of nitrogens with zero attached hydrogens (tertiary/aromatic N) is 3. The van der Waals surface area contributed by atoms with E-state index in [2.05, 4.69) is 15.3 Å². The average Bonchev–Trinajstić information content (AvgIpc) is 3.23. The van der Waals surface area contributed by atoms with Crippen LogP contribution in [0.3, 0.4) is 0 Å². The van der Waals surface area contributed by atoms with E-state index < -0.39 is 0 Å². The number of thiazole rings is 1. The van der Waals surface area contributed by atoms with Gasteiger partial charge in [-0.2, -0.15) is 0 Å². The van der Waals surface area contributed by atoms with Crippen molar-refractivity contribution in [1.82, 2.24) is 9.97 Å². The summed E-state index contributed by atoms with van der Waals surface area (Å²) in [5.41, 5.74) is 1.38. The van der Waals surface area contributed by atoms with Crippen molar-refractivity contribution in [1.29, 1.82) is 0 Å². The van der Waals surface area contributed by atoms with E-state index in [4.69, 9.17) is 14.2 Å². The largest absolute Gasteiger partial charge is 0.497 e. The van der Waals surface area contributed by atoms with E-state index in [1.165, 1.54) is 16.2 Å². The molecule has 0 atom stereocenters. The van der Waals surface area contributed by atoms with Gasteiger partial charge in [-0.1, -0.05) is 0 Å². The van der Waals surface area contributed by atoms with Crippen LogP contribution >= 0.6 is 11.3 Å². The van der Waals surface area contributed by atoms with E-state index in [0.29, 0.717) is 33.9 Å². The van der Waals surface area contributed by atoms with Crippen LogP contribution in [0.25, 0.3) is 11.3 Å². The monoisotopic (exact) mass is 426 g/mol. The van der Waals surface area contributed by atoms with Gasteiger partial charge in [-0.25, -0.2) is 9.97 Å². The molecule has 9 nitrogen and oxygen atoms in total. The second-order valence-electron chi connectivity index (χ2n) is 6.25. The van der Waals surface area contributed by atoms with E-state index in [-0.39, 0.29) is 25.0 Å². The number of hydrogen-bond acceptors (Lipinski definition) is 8. The van der Waals surface area contributed by atoms with Gasteiger partial charge in [0.1, 0.15) is 18.0 Å². The molecule has 0 unspecified atom stereocenters. The minimum absolute atomic E-state index is 0.136. The van der Waals surface area contributed by atoms with Gasteiger partial charge in [-0.15, -0.1) is 11.3 Å². The molecule has 0 spiro atoms. The number of anilines is 2. The molecule has 2 amide bonds. The summed E-state index contributed by atoms with van der Waals surface area (Å²) in [4.78, 5) is 34.7. The molecule has 0 bridgehead atoms. The Hall–Kier alpha value is -3.66. The molecule has 0 saturated carbocycles. The third kappa shape index (κ3) is 3.90. The van der Waals surface area contributed by atoms with E-state index in [1.807, 2.05) is 11.4 Å². The van der Waals surface area contributed by atoms with Gasteiger partial charge < -0.3 is 19.5 Å². The second kappa shape index (κ2) is 8.37. The molecule has 3 heterocycles. The highest BCUT2D eigenvalue weighted by Gasteiger charge is 2.28. The first kappa shape index (κ1) is 19.6. The number of benzene rings is 1. The Labute approximate surface area is 176 Å². The molecule has 10 heteroatoms. The summed E-state index contributed by atoms with van der Waals surface area (Å²) in [6, 6.07) is 8.81. The maximum atomic E-state index is 12.6. The predicted molar refractivity (Wildman–Crippen MR) is 111 cm³/mol. The number of methoxy groups -OCH3 is 2. The number of fused-ring (bicyclic) bond motifs is 1. The lowest BCUT2D eigenvalue weighted by Gasteiger charge is -2.27. The van der Waals surface area contributed by atoms with Crippen molar-refractivity contribution in [2.45, 2.75) is 0 Å². The first-order valence-electron chi connectivity index (χ1n) is 8.95. The zero-order valence-corrected chi connectivity index (χ0v) is 17.1. The number of pyridine rings is 1. The molecule has 1 aliphatic rings. The normalized spacial score (nSPS) is 12.7. The molecular weight excluding hydrogens is 408 g/mol. The Morgan fingerprint density at radius 3 is 2.97 bits per heavy atom. The van der Waals surface area contributed by atoms with Crippen LogP contribution in [0.15, 0.2) is 41.9 Å². The summed E-state index contributed by atoms with van der Waals surface area (Å²) in [5, 5.41) is 4.94. The highest BCUT2D eigenvalue weighted by Crippen LogP contribution is 2.35. The molecule has 30 heavy (non-hydrogen) atoms. The van der Waals surface area contributed by atoms with Gasteiger partial charge in [0.2, 0.25) is 5.91 Å². The fourth-order valence-electron chi connectivity index (χ4n) is 2.97. The average molecular weight is 426 g/mol. The molecule has 3 aromatic rings. The van der Waals surface area contributed by atoms with Gasteiger partial charge in [0.25, 0.3) is 5.91 Å². The number of hydrogen-bond donors (Lipinski definition) is 1. The molecule has 1 aromatic carbocycles. The number of carbonyl (C=O) groups excluding carboxylic acids is 2. The van der Waals surface area contributed by atoms with Crippen LogP contribution in [-0.2, 0) is 9.59 Å². The lowest BCUT2D eigenvalue weighted by molar-refractivity contribution is -0.123. The fraction of sp³-hybridized carbons (Fsp3) is 0.200. The minimum Gasteiger partial charge on any atom is -0.497 e. The zero-order valence-electron chi connectivity index (χ0n) is 16.2. The summed E-state index contributed by atoms with van der Waals surface area (Å²) < 4.78 is 16.0. The van der Waals surface area contributed by atoms with Crippen LogP contribution in [-0.4, -0.2) is 49.2 Å². The number of nitrogens with one attached hydrogen (secondary N) is 1. The van der Waals surface area contributed by atoms with Gasteiger partial charge >= 0.3 is 0 Å². The lowest BCUT2D eigenvalue weighted by Crippen LogP contribution is -2.43. The van der Waals surface area contributed by atoms with Crippen molar-refractivity contribution in [3.8, 4) is 28.5 Å². The fourth-order valence-corrected chi connectivity index (χ4v) is 3.69. The molecule has 1 N–H and O–H groups in total. The van der Waals surface area contributed by atoms with Crippen molar-refractivity contribution in [3.05, 3.63) is 41.9 Å². The highest BCUT2D eigenvalue weighted by atomic mass is 32.1. The Bertz CT molecular complexity index is 1100. The lowest BCUT2D eigenvalue weighted by atomic mass is 10.1. The van der Waals surface area contributed by atoms with Crippen LogP contribution < -0.4 is 24.4 Å². The summed E-state index contributed by atoms with van der Waals surface area (Å²) >= 11 is 1.27. The Morgan fingerprint density at radius 1 is 1.30 bits per heavy atom. The van der Waals surface area contributed by atoms with Gasteiger partial charge in [0.15, 0.2) is 23.3 Å². The maximum absolute atomic E-state index is 12.6. The van der Waals surface area contributed by atoms with Crippen molar-refractivity contribution in [2.75, 3.05) is 37.6 Å². The highest BCUT2D eigenvalue weighted by molar-refractivity contribution is 7.14. The van der Waals surface area contributed by atoms with Gasteiger partial charge in [-0.3, -0.25) is 14.5 Å². The first-order chi connectivity index (χ1) is 14.6. The Morgan fingerprint density at radius 2 is 2.17 bits per heavy atom. The van der Waals surface area contributed by atoms with E-state index in [9.17, 15) is 9.59 Å². The first-order valence-corrected chi connectivity index (χ1v) is 9.83. The number of rotatable bonds is 6. The van der Waals surface area contributed by atoms with Gasteiger partial charge in [-0.05, 0) is 30.3 Å². The topological polar surface area (TPSA) is 103 Å².